The van der Waals surface area contributed by atoms with E-state index in [1.165, 1.54) is 36.4 Å². The molecule has 3 aromatic carbocycles. The predicted molar refractivity (Wildman–Crippen MR) is 151 cm³/mol. The topological polar surface area (TPSA) is 160 Å². The summed E-state index contributed by atoms with van der Waals surface area (Å²) in [7, 11) is -8.30. The van der Waals surface area contributed by atoms with Crippen molar-refractivity contribution >= 4 is 43.2 Å². The number of aromatic nitrogens is 3. The fourth-order valence-electron chi connectivity index (χ4n) is 3.76. The summed E-state index contributed by atoms with van der Waals surface area (Å²) in [6, 6.07) is 18.8. The highest BCUT2D eigenvalue weighted by Gasteiger charge is 2.17. The Labute approximate surface area is 237 Å². The Kier molecular flexibility index (Phi) is 9.01. The van der Waals surface area contributed by atoms with Gasteiger partial charge < -0.3 is 5.32 Å². The van der Waals surface area contributed by atoms with Gasteiger partial charge in [-0.2, -0.15) is 18.4 Å². The molecule has 208 valence electrons. The van der Waals surface area contributed by atoms with Gasteiger partial charge in [-0.3, -0.25) is 14.2 Å². The van der Waals surface area contributed by atoms with Crippen molar-refractivity contribution in [1.82, 2.24) is 19.7 Å². The van der Waals surface area contributed by atoms with Crippen molar-refractivity contribution in [3.05, 3.63) is 113 Å². The summed E-state index contributed by atoms with van der Waals surface area (Å²) < 4.78 is 60.4. The van der Waals surface area contributed by atoms with Gasteiger partial charge in [0.2, 0.25) is 16.0 Å². The molecule has 0 bridgehead atoms. The zero-order valence-corrected chi connectivity index (χ0v) is 23.0. The van der Waals surface area contributed by atoms with Crippen molar-refractivity contribution in [2.24, 2.45) is 0 Å². The van der Waals surface area contributed by atoms with Gasteiger partial charge >= 0.3 is 0 Å². The molecule has 0 saturated carbocycles. The Balaban J connectivity index is 1.50. The first-order valence-electron chi connectivity index (χ1n) is 12.1. The van der Waals surface area contributed by atoms with Crippen LogP contribution in [0.4, 0.5) is 23.0 Å². The number of hydrogen-bond donors (Lipinski definition) is 3. The number of benzene rings is 3. The summed E-state index contributed by atoms with van der Waals surface area (Å²) in [5, 5.41) is 3.11. The number of anilines is 2. The molecule has 3 N–H and O–H groups in total. The van der Waals surface area contributed by atoms with E-state index in [2.05, 4.69) is 34.7 Å². The second-order valence-corrected chi connectivity index (χ2v) is 11.8. The smallest absolute Gasteiger partial charge is 0.294 e. The summed E-state index contributed by atoms with van der Waals surface area (Å²) in [5.41, 5.74) is 1.33. The van der Waals surface area contributed by atoms with Gasteiger partial charge in [0.25, 0.3) is 10.1 Å². The average molecular weight is 590 g/mol. The molecule has 0 aliphatic rings. The lowest BCUT2D eigenvalue weighted by Crippen LogP contribution is -2.25. The van der Waals surface area contributed by atoms with Crippen LogP contribution in [0.3, 0.4) is 0 Å². The number of rotatable bonds is 11. The standard InChI is InChI=1S/C27H23N7O5S2/c1-28-23-14-13-21(18-24(23)29-2)40(35,36)30-15-7-12-25-32-26(17-19-8-6-11-22(16-19)41(37,38)39)34-27(33-25)31-20-9-4-3-5-10-20/h3-6,8-11,13-14,16,18,30H,7,12,15,17H2,(H,37,38,39)(H,31,32,33,34). The van der Waals surface area contributed by atoms with E-state index in [4.69, 9.17) is 13.1 Å². The molecule has 0 radical (unpaired) electrons. The van der Waals surface area contributed by atoms with E-state index in [1.54, 1.807) is 6.07 Å². The molecule has 4 aromatic rings. The van der Waals surface area contributed by atoms with Crippen molar-refractivity contribution in [3.8, 4) is 0 Å². The maximum Gasteiger partial charge on any atom is 0.294 e. The van der Waals surface area contributed by atoms with Gasteiger partial charge in [-0.15, -0.1) is 0 Å². The molecule has 0 aliphatic heterocycles. The normalized spacial score (nSPS) is 11.4. The van der Waals surface area contributed by atoms with Crippen LogP contribution in [0, 0.1) is 13.1 Å². The SMILES string of the molecule is [C-]#[N+]c1ccc(S(=O)(=O)NCCCc2nc(Cc3cccc(S(=O)(=O)O)c3)nc(Nc3ccccc3)n2)cc1[N+]#[C-]. The molecule has 1 aromatic heterocycles. The third-order valence-electron chi connectivity index (χ3n) is 5.68. The first-order chi connectivity index (χ1) is 19.6. The average Bonchev–Trinajstić information content (AvgIpc) is 2.95. The van der Waals surface area contributed by atoms with Crippen LogP contribution in [0.5, 0.6) is 0 Å². The largest absolute Gasteiger partial charge is 0.324 e. The second-order valence-electron chi connectivity index (χ2n) is 8.66. The van der Waals surface area contributed by atoms with E-state index >= 15 is 0 Å². The minimum Gasteiger partial charge on any atom is -0.324 e. The fourth-order valence-corrected chi connectivity index (χ4v) is 5.40. The molecule has 0 amide bonds. The molecule has 0 saturated heterocycles. The van der Waals surface area contributed by atoms with Crippen molar-refractivity contribution in [3.63, 3.8) is 0 Å². The first-order valence-corrected chi connectivity index (χ1v) is 15.0. The van der Waals surface area contributed by atoms with E-state index in [0.29, 0.717) is 23.6 Å². The van der Waals surface area contributed by atoms with Gasteiger partial charge in [-0.05, 0) is 42.3 Å². The molecule has 4 rings (SSSR count). The van der Waals surface area contributed by atoms with Gasteiger partial charge in [0.15, 0.2) is 11.4 Å². The number of hydrogen-bond acceptors (Lipinski definition) is 8. The first kappa shape index (κ1) is 29.3. The van der Waals surface area contributed by atoms with E-state index in [1.807, 2.05) is 30.3 Å². The summed E-state index contributed by atoms with van der Waals surface area (Å²) in [6.07, 6.45) is 0.775. The van der Waals surface area contributed by atoms with Gasteiger partial charge in [-0.1, -0.05) is 42.5 Å². The van der Waals surface area contributed by atoms with Crippen LogP contribution in [0.1, 0.15) is 23.6 Å². The Bertz CT molecular complexity index is 1870. The second kappa shape index (κ2) is 12.6. The van der Waals surface area contributed by atoms with Crippen LogP contribution >= 0.6 is 0 Å². The van der Waals surface area contributed by atoms with Crippen molar-refractivity contribution in [1.29, 1.82) is 0 Å². The van der Waals surface area contributed by atoms with E-state index in [0.717, 1.165) is 5.69 Å². The number of para-hydroxylation sites is 1. The Morgan fingerprint density at radius 1 is 0.780 bits per heavy atom. The van der Waals surface area contributed by atoms with Gasteiger partial charge in [0, 0.05) is 25.1 Å². The minimum absolute atomic E-state index is 0.0406. The highest BCUT2D eigenvalue weighted by atomic mass is 32.2. The summed E-state index contributed by atoms with van der Waals surface area (Å²) in [4.78, 5) is 19.5. The number of sulfonamides is 1. The van der Waals surface area contributed by atoms with Crippen LogP contribution in [0.25, 0.3) is 9.69 Å². The van der Waals surface area contributed by atoms with Crippen LogP contribution in [-0.2, 0) is 33.0 Å². The lowest BCUT2D eigenvalue weighted by molar-refractivity contribution is 0.483. The van der Waals surface area contributed by atoms with E-state index in [9.17, 15) is 21.4 Å². The van der Waals surface area contributed by atoms with Gasteiger partial charge in [-0.25, -0.2) is 18.1 Å². The third kappa shape index (κ3) is 7.91. The van der Waals surface area contributed by atoms with Crippen LogP contribution in [-0.4, -0.2) is 42.9 Å². The zero-order chi connectivity index (χ0) is 29.5. The third-order valence-corrected chi connectivity index (χ3v) is 7.99. The summed E-state index contributed by atoms with van der Waals surface area (Å²) in [5.74, 6) is 0.984. The van der Waals surface area contributed by atoms with Crippen LogP contribution in [0.15, 0.2) is 82.6 Å². The fraction of sp³-hybridized carbons (Fsp3) is 0.148. The molecule has 41 heavy (non-hydrogen) atoms. The van der Waals surface area contributed by atoms with Crippen molar-refractivity contribution < 1.29 is 21.4 Å². The van der Waals surface area contributed by atoms with Crippen LogP contribution < -0.4 is 10.0 Å². The summed E-state index contributed by atoms with van der Waals surface area (Å²) in [6.45, 7) is 14.3. The molecule has 1 heterocycles. The lowest BCUT2D eigenvalue weighted by atomic mass is 10.1. The monoisotopic (exact) mass is 589 g/mol. The molecule has 0 atom stereocenters. The van der Waals surface area contributed by atoms with E-state index in [-0.39, 0.29) is 46.5 Å². The molecular weight excluding hydrogens is 566 g/mol. The summed E-state index contributed by atoms with van der Waals surface area (Å²) >= 11 is 0. The molecule has 0 aliphatic carbocycles. The van der Waals surface area contributed by atoms with E-state index < -0.39 is 20.1 Å². The molecular formula is C27H23N7O5S2. The Hall–Kier alpha value is -4.73. The molecule has 0 fully saturated rings. The minimum atomic E-state index is -4.38. The molecule has 0 unspecified atom stereocenters. The number of nitrogens with one attached hydrogen (secondary N) is 2. The van der Waals surface area contributed by atoms with Crippen molar-refractivity contribution in [2.45, 2.75) is 29.1 Å². The van der Waals surface area contributed by atoms with Gasteiger partial charge in [0.05, 0.1) is 22.9 Å². The highest BCUT2D eigenvalue weighted by Crippen LogP contribution is 2.30. The van der Waals surface area contributed by atoms with Crippen LogP contribution in [0.2, 0.25) is 0 Å². The highest BCUT2D eigenvalue weighted by molar-refractivity contribution is 7.89. The molecule has 12 nitrogen and oxygen atoms in total. The zero-order valence-electron chi connectivity index (χ0n) is 21.4. The van der Waals surface area contributed by atoms with Gasteiger partial charge in [0.1, 0.15) is 11.6 Å². The maximum absolute atomic E-state index is 12.7. The lowest BCUT2D eigenvalue weighted by Gasteiger charge is -2.10. The number of aryl methyl sites for hydroxylation is 1. The Morgan fingerprint density at radius 3 is 2.22 bits per heavy atom. The number of nitrogens with zero attached hydrogens (tertiary/aromatic N) is 5. The maximum atomic E-state index is 12.7. The quantitative estimate of drug-likeness (QED) is 0.130. The van der Waals surface area contributed by atoms with Crippen molar-refractivity contribution in [2.75, 3.05) is 11.9 Å². The molecule has 0 spiro atoms. The predicted octanol–water partition coefficient (Wildman–Crippen LogP) is 4.47. The molecule has 14 heteroatoms. The Morgan fingerprint density at radius 2 is 1.51 bits per heavy atom.